The second-order valence-corrected chi connectivity index (χ2v) is 11.7. The molecule has 37 heavy (non-hydrogen) atoms. The molecule has 1 aliphatic rings. The molecule has 1 unspecified atom stereocenters. The zero-order valence-electron chi connectivity index (χ0n) is 21.6. The highest BCUT2D eigenvalue weighted by Gasteiger charge is 2.45. The molecule has 2 rings (SSSR count). The SMILES string of the molecule is CC(C)(C)ONc1ccn([C@@H]2O[C@H](COP(=O)(O)OP(=O)(O)O)[C@@H](O)[C@H]2O)c(=O)n1.CCN(CC)CC. The molecule has 1 aromatic rings. The minimum absolute atomic E-state index is 0.0786. The van der Waals surface area contributed by atoms with Gasteiger partial charge in [-0.15, -0.1) is 0 Å². The van der Waals surface area contributed by atoms with Crippen molar-refractivity contribution >= 4 is 21.5 Å². The summed E-state index contributed by atoms with van der Waals surface area (Å²) in [7, 11) is -10.5. The summed E-state index contributed by atoms with van der Waals surface area (Å²) >= 11 is 0. The lowest BCUT2D eigenvalue weighted by Gasteiger charge is -2.20. The van der Waals surface area contributed by atoms with Crippen molar-refractivity contribution in [1.82, 2.24) is 14.5 Å². The monoisotopic (exact) mass is 576 g/mol. The summed E-state index contributed by atoms with van der Waals surface area (Å²) in [5.74, 6) is 0.0786. The van der Waals surface area contributed by atoms with Crippen LogP contribution < -0.4 is 11.2 Å². The van der Waals surface area contributed by atoms with Gasteiger partial charge in [0.15, 0.2) is 12.0 Å². The Hall–Kier alpha value is -1.26. The number of anilines is 1. The van der Waals surface area contributed by atoms with Gasteiger partial charge in [-0.3, -0.25) is 13.9 Å². The van der Waals surface area contributed by atoms with E-state index in [9.17, 15) is 29.0 Å². The number of hydrogen-bond acceptors (Lipinski definition) is 12. The zero-order valence-corrected chi connectivity index (χ0v) is 23.4. The van der Waals surface area contributed by atoms with Crippen LogP contribution in [-0.4, -0.2) is 89.5 Å². The molecule has 1 fully saturated rings. The number of aromatic nitrogens is 2. The average molecular weight is 576 g/mol. The third-order valence-electron chi connectivity index (χ3n) is 4.86. The number of ether oxygens (including phenoxy) is 1. The molecule has 6 N–H and O–H groups in total. The van der Waals surface area contributed by atoms with Gasteiger partial charge in [-0.1, -0.05) is 20.8 Å². The van der Waals surface area contributed by atoms with Crippen LogP contribution in [0.4, 0.5) is 5.82 Å². The van der Waals surface area contributed by atoms with Gasteiger partial charge in [0.05, 0.1) is 12.2 Å². The number of phosphoric ester groups is 1. The predicted octanol–water partition coefficient (Wildman–Crippen LogP) is 0.579. The maximum absolute atomic E-state index is 12.2. The summed E-state index contributed by atoms with van der Waals surface area (Å²) in [6.45, 7) is 14.5. The molecule has 1 aliphatic heterocycles. The molecule has 1 aromatic heterocycles. The molecule has 0 saturated carbocycles. The number of rotatable bonds is 11. The number of hydrogen-bond donors (Lipinski definition) is 6. The van der Waals surface area contributed by atoms with E-state index in [0.717, 1.165) is 4.57 Å². The third-order valence-corrected chi connectivity index (χ3v) is 7.01. The molecule has 16 nitrogen and oxygen atoms in total. The van der Waals surface area contributed by atoms with E-state index in [1.54, 1.807) is 20.8 Å². The number of nitrogens with one attached hydrogen (secondary N) is 1. The maximum atomic E-state index is 12.2. The lowest BCUT2D eigenvalue weighted by molar-refractivity contribution is -0.0542. The lowest BCUT2D eigenvalue weighted by atomic mass is 10.1. The van der Waals surface area contributed by atoms with E-state index in [1.807, 2.05) is 0 Å². The number of aliphatic hydroxyl groups is 2. The first-order valence-corrected chi connectivity index (χ1v) is 14.5. The topological polar surface area (TPSA) is 222 Å². The number of aliphatic hydroxyl groups excluding tert-OH is 2. The van der Waals surface area contributed by atoms with Crippen molar-refractivity contribution in [3.05, 3.63) is 22.7 Å². The van der Waals surface area contributed by atoms with Crippen LogP contribution in [0.15, 0.2) is 17.1 Å². The van der Waals surface area contributed by atoms with Crippen molar-refractivity contribution in [2.75, 3.05) is 31.7 Å². The number of phosphoric acid groups is 2. The van der Waals surface area contributed by atoms with Crippen LogP contribution in [-0.2, 0) is 27.5 Å². The normalized spacial score (nSPS) is 23.9. The van der Waals surface area contributed by atoms with E-state index in [1.165, 1.54) is 31.9 Å². The fourth-order valence-electron chi connectivity index (χ4n) is 2.96. The summed E-state index contributed by atoms with van der Waals surface area (Å²) < 4.78 is 36.3. The van der Waals surface area contributed by atoms with Gasteiger partial charge in [-0.25, -0.2) is 19.4 Å². The lowest BCUT2D eigenvalue weighted by Crippen LogP contribution is -2.36. The van der Waals surface area contributed by atoms with Gasteiger partial charge in [-0.2, -0.15) is 9.29 Å². The first-order chi connectivity index (χ1) is 16.9. The smallest absolute Gasteiger partial charge is 0.387 e. The van der Waals surface area contributed by atoms with E-state index in [-0.39, 0.29) is 5.82 Å². The first kappa shape index (κ1) is 33.8. The molecule has 0 spiro atoms. The Kier molecular flexibility index (Phi) is 13.0. The van der Waals surface area contributed by atoms with Crippen molar-refractivity contribution in [3.8, 4) is 0 Å². The van der Waals surface area contributed by atoms with E-state index < -0.39 is 58.1 Å². The maximum Gasteiger partial charge on any atom is 0.481 e. The second-order valence-electron chi connectivity index (χ2n) is 8.82. The summed E-state index contributed by atoms with van der Waals surface area (Å²) in [6, 6.07) is 1.34. The standard InChI is InChI=1S/C13H23N3O12P2.C6H15N/c1-13(2,3)27-15-8-4-5-16(12(19)14-8)11-10(18)9(17)7(26-11)6-25-30(23,24)28-29(20,21)22;1-4-7(5-2)6-3/h4-5,7,9-11,17-18H,6H2,1-3H3,(H,23,24)(H,14,15,19)(H2,20,21,22);4-6H2,1-3H3/t7-,9-,10-,11-;/m1./s1. The average Bonchev–Trinajstić information content (AvgIpc) is 3.04. The Morgan fingerprint density at radius 2 is 1.68 bits per heavy atom. The van der Waals surface area contributed by atoms with Crippen LogP contribution >= 0.6 is 15.6 Å². The highest BCUT2D eigenvalue weighted by atomic mass is 31.3. The molecule has 0 amide bonds. The molecule has 5 atom stereocenters. The van der Waals surface area contributed by atoms with Gasteiger partial charge in [0.2, 0.25) is 0 Å². The quantitative estimate of drug-likeness (QED) is 0.157. The zero-order chi connectivity index (χ0) is 28.6. The van der Waals surface area contributed by atoms with Gasteiger partial charge in [0.25, 0.3) is 0 Å². The molecular formula is C19H38N4O12P2. The van der Waals surface area contributed by atoms with E-state index in [2.05, 4.69) is 45.0 Å². The molecule has 0 radical (unpaired) electrons. The van der Waals surface area contributed by atoms with Crippen molar-refractivity contribution in [3.63, 3.8) is 0 Å². The van der Waals surface area contributed by atoms with Crippen molar-refractivity contribution in [2.24, 2.45) is 0 Å². The number of nitrogens with zero attached hydrogens (tertiary/aromatic N) is 3. The largest absolute Gasteiger partial charge is 0.481 e. The van der Waals surface area contributed by atoms with Crippen LogP contribution in [0.25, 0.3) is 0 Å². The van der Waals surface area contributed by atoms with Crippen molar-refractivity contribution in [1.29, 1.82) is 0 Å². The Labute approximate surface area is 215 Å². The third kappa shape index (κ3) is 12.0. The van der Waals surface area contributed by atoms with E-state index in [4.69, 9.17) is 19.4 Å². The Morgan fingerprint density at radius 3 is 2.11 bits per heavy atom. The molecule has 0 aromatic carbocycles. The molecule has 1 saturated heterocycles. The highest BCUT2D eigenvalue weighted by molar-refractivity contribution is 7.60. The van der Waals surface area contributed by atoms with Gasteiger partial charge < -0.3 is 34.5 Å². The summed E-state index contributed by atoms with van der Waals surface area (Å²) in [5.41, 5.74) is 1.07. The minimum Gasteiger partial charge on any atom is -0.387 e. The summed E-state index contributed by atoms with van der Waals surface area (Å²) in [6.07, 6.45) is -4.96. The van der Waals surface area contributed by atoms with Crippen LogP contribution in [0, 0.1) is 0 Å². The molecular weight excluding hydrogens is 538 g/mol. The summed E-state index contributed by atoms with van der Waals surface area (Å²) in [4.78, 5) is 50.0. The molecule has 18 heteroatoms. The van der Waals surface area contributed by atoms with Crippen LogP contribution in [0.2, 0.25) is 0 Å². The highest BCUT2D eigenvalue weighted by Crippen LogP contribution is 2.57. The molecule has 216 valence electrons. The fraction of sp³-hybridized carbons (Fsp3) is 0.789. The first-order valence-electron chi connectivity index (χ1n) is 11.4. The van der Waals surface area contributed by atoms with Crippen LogP contribution in [0.5, 0.6) is 0 Å². The predicted molar refractivity (Wildman–Crippen MR) is 131 cm³/mol. The Bertz CT molecular complexity index is 988. The Morgan fingerprint density at radius 1 is 1.11 bits per heavy atom. The fourth-order valence-corrected chi connectivity index (χ4v) is 4.56. The molecule has 0 bridgehead atoms. The Balaban J connectivity index is 0.000000856. The van der Waals surface area contributed by atoms with Gasteiger partial charge >= 0.3 is 21.3 Å². The minimum atomic E-state index is -5.32. The molecule has 2 heterocycles. The van der Waals surface area contributed by atoms with E-state index >= 15 is 0 Å². The van der Waals surface area contributed by atoms with Gasteiger partial charge in [0.1, 0.15) is 18.3 Å². The second kappa shape index (κ2) is 14.2. The molecule has 0 aliphatic carbocycles. The van der Waals surface area contributed by atoms with Gasteiger partial charge in [0, 0.05) is 6.20 Å². The van der Waals surface area contributed by atoms with Crippen molar-refractivity contribution in [2.45, 2.75) is 71.7 Å². The van der Waals surface area contributed by atoms with E-state index in [0.29, 0.717) is 0 Å². The van der Waals surface area contributed by atoms with Crippen LogP contribution in [0.3, 0.4) is 0 Å². The van der Waals surface area contributed by atoms with Crippen molar-refractivity contribution < 1.29 is 52.4 Å². The summed E-state index contributed by atoms with van der Waals surface area (Å²) in [5, 5.41) is 20.2. The van der Waals surface area contributed by atoms with Gasteiger partial charge in [-0.05, 0) is 46.5 Å². The van der Waals surface area contributed by atoms with Crippen LogP contribution in [0.1, 0.15) is 47.8 Å².